The minimum Gasteiger partial charge on any atom is -0.497 e. The van der Waals surface area contributed by atoms with Gasteiger partial charge in [-0.3, -0.25) is 0 Å². The van der Waals surface area contributed by atoms with Crippen molar-refractivity contribution in [3.8, 4) is 5.75 Å². The van der Waals surface area contributed by atoms with E-state index in [9.17, 15) is 0 Å². The lowest BCUT2D eigenvalue weighted by atomic mass is 10.2. The van der Waals surface area contributed by atoms with Crippen molar-refractivity contribution in [2.75, 3.05) is 7.11 Å². The highest BCUT2D eigenvalue weighted by Crippen LogP contribution is 2.14. The average Bonchev–Trinajstić information content (AvgIpc) is 2.05. The van der Waals surface area contributed by atoms with Gasteiger partial charge in [-0.25, -0.2) is 0 Å². The Bertz CT molecular complexity index is 235. The molecule has 1 rings (SSSR count). The van der Waals surface area contributed by atoms with Crippen LogP contribution in [-0.2, 0) is 0 Å². The van der Waals surface area contributed by atoms with Crippen LogP contribution in [0.15, 0.2) is 24.3 Å². The van der Waals surface area contributed by atoms with Gasteiger partial charge in [0.15, 0.2) is 0 Å². The Morgan fingerprint density at radius 2 is 2.09 bits per heavy atom. The Hall–Kier alpha value is -1.06. The Kier molecular flexibility index (Phi) is 2.46. The fourth-order valence-electron chi connectivity index (χ4n) is 0.849. The summed E-state index contributed by atoms with van der Waals surface area (Å²) in [6, 6.07) is 7.41. The van der Waals surface area contributed by atoms with Gasteiger partial charge in [0.25, 0.3) is 0 Å². The van der Waals surface area contributed by atoms with Gasteiger partial charge in [0.1, 0.15) is 5.75 Å². The summed E-state index contributed by atoms with van der Waals surface area (Å²) in [5, 5.41) is 0. The van der Waals surface area contributed by atoms with E-state index in [4.69, 9.17) is 16.2 Å². The number of nitrogens with two attached hydrogens (primary N) is 2. The summed E-state index contributed by atoms with van der Waals surface area (Å²) in [5.41, 5.74) is 11.8. The zero-order valence-electron chi connectivity index (χ0n) is 6.45. The Labute approximate surface area is 66.0 Å². The maximum atomic E-state index is 5.46. The van der Waals surface area contributed by atoms with E-state index in [1.54, 1.807) is 7.11 Å². The second kappa shape index (κ2) is 3.37. The van der Waals surface area contributed by atoms with E-state index in [1.165, 1.54) is 0 Å². The second-order valence-electron chi connectivity index (χ2n) is 2.30. The third-order valence-electron chi connectivity index (χ3n) is 1.48. The van der Waals surface area contributed by atoms with Gasteiger partial charge in [0.2, 0.25) is 0 Å². The summed E-state index contributed by atoms with van der Waals surface area (Å²) < 4.78 is 4.99. The van der Waals surface area contributed by atoms with E-state index < -0.39 is 6.17 Å². The number of hydrogen-bond donors (Lipinski definition) is 2. The number of hydrogen-bond acceptors (Lipinski definition) is 3. The fraction of sp³-hybridized carbons (Fsp3) is 0.250. The average molecular weight is 152 g/mol. The molecule has 3 nitrogen and oxygen atoms in total. The lowest BCUT2D eigenvalue weighted by molar-refractivity contribution is 0.414. The van der Waals surface area contributed by atoms with Gasteiger partial charge in [0.05, 0.1) is 13.3 Å². The van der Waals surface area contributed by atoms with E-state index in [-0.39, 0.29) is 0 Å². The van der Waals surface area contributed by atoms with Crippen LogP contribution in [0.1, 0.15) is 11.7 Å². The summed E-state index contributed by atoms with van der Waals surface area (Å²) in [4.78, 5) is 0. The van der Waals surface area contributed by atoms with Crippen molar-refractivity contribution in [3.05, 3.63) is 29.8 Å². The molecule has 0 atom stereocenters. The van der Waals surface area contributed by atoms with E-state index >= 15 is 0 Å². The molecule has 0 radical (unpaired) electrons. The summed E-state index contributed by atoms with van der Waals surface area (Å²) in [6.45, 7) is 0. The molecule has 0 amide bonds. The molecule has 0 unspecified atom stereocenters. The predicted molar refractivity (Wildman–Crippen MR) is 44.1 cm³/mol. The van der Waals surface area contributed by atoms with Crippen molar-refractivity contribution >= 4 is 0 Å². The number of ether oxygens (including phenoxy) is 1. The third kappa shape index (κ3) is 1.93. The summed E-state index contributed by atoms with van der Waals surface area (Å²) in [6.07, 6.45) is -0.426. The smallest absolute Gasteiger partial charge is 0.119 e. The molecule has 0 aliphatic heterocycles. The Morgan fingerprint density at radius 3 is 2.64 bits per heavy atom. The number of methoxy groups -OCH3 is 1. The van der Waals surface area contributed by atoms with Crippen LogP contribution in [0.5, 0.6) is 5.75 Å². The molecule has 11 heavy (non-hydrogen) atoms. The first-order chi connectivity index (χ1) is 5.24. The van der Waals surface area contributed by atoms with Crippen molar-refractivity contribution < 1.29 is 4.74 Å². The van der Waals surface area contributed by atoms with Gasteiger partial charge in [0, 0.05) is 0 Å². The van der Waals surface area contributed by atoms with Crippen LogP contribution in [0, 0.1) is 0 Å². The zero-order valence-corrected chi connectivity index (χ0v) is 6.45. The highest BCUT2D eigenvalue weighted by Gasteiger charge is 1.99. The zero-order chi connectivity index (χ0) is 8.27. The van der Waals surface area contributed by atoms with Crippen molar-refractivity contribution in [3.63, 3.8) is 0 Å². The third-order valence-corrected chi connectivity index (χ3v) is 1.48. The minimum absolute atomic E-state index is 0.426. The monoisotopic (exact) mass is 152 g/mol. The standard InChI is InChI=1S/C8H12N2O/c1-11-7-4-2-3-6(5-7)8(9)10/h2-5,8H,9-10H2,1H3. The van der Waals surface area contributed by atoms with Crippen LogP contribution in [0.3, 0.4) is 0 Å². The van der Waals surface area contributed by atoms with Crippen molar-refractivity contribution in [2.45, 2.75) is 6.17 Å². The maximum absolute atomic E-state index is 5.46. The first-order valence-electron chi connectivity index (χ1n) is 3.39. The van der Waals surface area contributed by atoms with Gasteiger partial charge < -0.3 is 16.2 Å². The topological polar surface area (TPSA) is 61.3 Å². The van der Waals surface area contributed by atoms with Crippen LogP contribution in [-0.4, -0.2) is 7.11 Å². The molecule has 0 bridgehead atoms. The van der Waals surface area contributed by atoms with E-state index in [0.29, 0.717) is 0 Å². The van der Waals surface area contributed by atoms with Gasteiger partial charge in [-0.15, -0.1) is 0 Å². The number of benzene rings is 1. The molecule has 0 aliphatic rings. The molecule has 1 aromatic rings. The SMILES string of the molecule is COc1cccc(C(N)N)c1. The molecule has 0 fully saturated rings. The quantitative estimate of drug-likeness (QED) is 0.610. The first-order valence-corrected chi connectivity index (χ1v) is 3.39. The lowest BCUT2D eigenvalue weighted by Crippen LogP contribution is -2.19. The van der Waals surface area contributed by atoms with Gasteiger partial charge in [-0.1, -0.05) is 12.1 Å². The molecule has 4 N–H and O–H groups in total. The number of rotatable bonds is 2. The summed E-state index contributed by atoms with van der Waals surface area (Å²) in [5.74, 6) is 0.781. The molecule has 1 aromatic carbocycles. The highest BCUT2D eigenvalue weighted by atomic mass is 16.5. The van der Waals surface area contributed by atoms with Crippen LogP contribution in [0.2, 0.25) is 0 Å². The maximum Gasteiger partial charge on any atom is 0.119 e. The largest absolute Gasteiger partial charge is 0.497 e. The summed E-state index contributed by atoms with van der Waals surface area (Å²) >= 11 is 0. The molecule has 0 saturated heterocycles. The van der Waals surface area contributed by atoms with E-state index in [2.05, 4.69) is 0 Å². The van der Waals surface area contributed by atoms with Gasteiger partial charge >= 0.3 is 0 Å². The molecule has 0 aliphatic carbocycles. The van der Waals surface area contributed by atoms with E-state index in [0.717, 1.165) is 11.3 Å². The lowest BCUT2D eigenvalue weighted by Gasteiger charge is -2.06. The van der Waals surface area contributed by atoms with Crippen LogP contribution in [0.25, 0.3) is 0 Å². The Balaban J connectivity index is 2.91. The highest BCUT2D eigenvalue weighted by molar-refractivity contribution is 5.29. The van der Waals surface area contributed by atoms with Crippen LogP contribution >= 0.6 is 0 Å². The summed E-state index contributed by atoms with van der Waals surface area (Å²) in [7, 11) is 1.61. The van der Waals surface area contributed by atoms with Crippen LogP contribution < -0.4 is 16.2 Å². The molecule has 0 spiro atoms. The molecule has 0 aromatic heterocycles. The van der Waals surface area contributed by atoms with Gasteiger partial charge in [-0.05, 0) is 17.7 Å². The Morgan fingerprint density at radius 1 is 1.36 bits per heavy atom. The van der Waals surface area contributed by atoms with Gasteiger partial charge in [-0.2, -0.15) is 0 Å². The van der Waals surface area contributed by atoms with Crippen LogP contribution in [0.4, 0.5) is 0 Å². The molecular formula is C8H12N2O. The molecular weight excluding hydrogens is 140 g/mol. The molecule has 60 valence electrons. The van der Waals surface area contributed by atoms with Crippen molar-refractivity contribution in [2.24, 2.45) is 11.5 Å². The van der Waals surface area contributed by atoms with Crippen molar-refractivity contribution in [1.29, 1.82) is 0 Å². The first kappa shape index (κ1) is 8.04. The normalized spacial score (nSPS) is 10.2. The predicted octanol–water partition coefficient (Wildman–Crippen LogP) is 0.611. The molecule has 0 saturated carbocycles. The second-order valence-corrected chi connectivity index (χ2v) is 2.30. The minimum atomic E-state index is -0.426. The molecule has 3 heteroatoms. The van der Waals surface area contributed by atoms with E-state index in [1.807, 2.05) is 24.3 Å². The fourth-order valence-corrected chi connectivity index (χ4v) is 0.849. The molecule has 0 heterocycles. The van der Waals surface area contributed by atoms with Crippen molar-refractivity contribution in [1.82, 2.24) is 0 Å².